The van der Waals surface area contributed by atoms with Crippen molar-refractivity contribution in [2.75, 3.05) is 25.5 Å². The number of amides is 1. The van der Waals surface area contributed by atoms with Crippen LogP contribution in [0.25, 0.3) is 0 Å². The number of carbonyl (C=O) groups is 1. The number of likely N-dealkylation sites (tertiary alicyclic amines) is 1. The Morgan fingerprint density at radius 1 is 1.17 bits per heavy atom. The van der Waals surface area contributed by atoms with Gasteiger partial charge in [0.1, 0.15) is 19.0 Å². The van der Waals surface area contributed by atoms with Gasteiger partial charge in [0, 0.05) is 19.0 Å². The van der Waals surface area contributed by atoms with Crippen LogP contribution >= 0.6 is 11.8 Å². The van der Waals surface area contributed by atoms with E-state index in [1.807, 2.05) is 17.0 Å². The van der Waals surface area contributed by atoms with E-state index in [9.17, 15) is 4.79 Å². The lowest BCUT2D eigenvalue weighted by Crippen LogP contribution is -2.32. The molecular weight excluding hydrogens is 388 g/mol. The van der Waals surface area contributed by atoms with Gasteiger partial charge >= 0.3 is 0 Å². The van der Waals surface area contributed by atoms with E-state index in [-0.39, 0.29) is 11.9 Å². The maximum Gasteiger partial charge on any atom is 0.233 e. The van der Waals surface area contributed by atoms with Gasteiger partial charge < -0.3 is 18.9 Å². The lowest BCUT2D eigenvalue weighted by molar-refractivity contribution is -0.129. The minimum atomic E-state index is 0.102. The zero-order valence-electron chi connectivity index (χ0n) is 16.7. The van der Waals surface area contributed by atoms with Crippen molar-refractivity contribution in [2.24, 2.45) is 0 Å². The second kappa shape index (κ2) is 7.89. The van der Waals surface area contributed by atoms with Crippen LogP contribution in [0.15, 0.2) is 23.4 Å². The number of hydrogen-bond acceptors (Lipinski definition) is 6. The van der Waals surface area contributed by atoms with E-state index in [2.05, 4.69) is 27.8 Å². The molecule has 2 aromatic rings. The SMILES string of the molecule is CCn1c(SCC(=O)N2CCCC2c2ccc3c(c2)OCCO3)nnc1C1CC1. The average Bonchev–Trinajstić information content (AvgIpc) is 3.33. The largest absolute Gasteiger partial charge is 0.486 e. The Labute approximate surface area is 174 Å². The number of thioether (sulfide) groups is 1. The van der Waals surface area contributed by atoms with Crippen molar-refractivity contribution in [2.45, 2.75) is 56.3 Å². The minimum absolute atomic E-state index is 0.102. The van der Waals surface area contributed by atoms with Crippen molar-refractivity contribution < 1.29 is 14.3 Å². The highest BCUT2D eigenvalue weighted by Gasteiger charge is 2.32. The normalized spacial score (nSPS) is 20.9. The molecule has 8 heteroatoms. The zero-order chi connectivity index (χ0) is 19.8. The maximum absolute atomic E-state index is 13.0. The van der Waals surface area contributed by atoms with E-state index in [0.717, 1.165) is 54.0 Å². The molecule has 3 aliphatic rings. The Morgan fingerprint density at radius 3 is 2.79 bits per heavy atom. The summed E-state index contributed by atoms with van der Waals surface area (Å²) in [6.07, 6.45) is 4.40. The molecule has 0 radical (unpaired) electrons. The molecule has 29 heavy (non-hydrogen) atoms. The molecule has 1 aliphatic carbocycles. The second-order valence-electron chi connectivity index (χ2n) is 7.80. The molecule has 3 heterocycles. The first-order chi connectivity index (χ1) is 14.2. The predicted octanol–water partition coefficient (Wildman–Crippen LogP) is 3.40. The summed E-state index contributed by atoms with van der Waals surface area (Å²) in [5.74, 6) is 3.77. The fourth-order valence-corrected chi connectivity index (χ4v) is 5.13. The summed E-state index contributed by atoms with van der Waals surface area (Å²) in [5, 5.41) is 9.58. The first kappa shape index (κ1) is 18.8. The molecule has 0 spiro atoms. The molecule has 1 amide bonds. The third-order valence-corrected chi connectivity index (χ3v) is 6.80. The van der Waals surface area contributed by atoms with E-state index in [1.165, 1.54) is 24.6 Å². The molecule has 0 N–H and O–H groups in total. The summed E-state index contributed by atoms with van der Waals surface area (Å²) in [7, 11) is 0. The van der Waals surface area contributed by atoms with Crippen molar-refractivity contribution in [1.82, 2.24) is 19.7 Å². The molecule has 1 saturated heterocycles. The molecule has 1 aromatic carbocycles. The van der Waals surface area contributed by atoms with Crippen LogP contribution in [0.5, 0.6) is 11.5 Å². The van der Waals surface area contributed by atoms with E-state index in [0.29, 0.717) is 24.9 Å². The van der Waals surface area contributed by atoms with Crippen LogP contribution < -0.4 is 9.47 Å². The van der Waals surface area contributed by atoms with Gasteiger partial charge in [0.05, 0.1) is 11.8 Å². The van der Waals surface area contributed by atoms with Gasteiger partial charge in [-0.05, 0) is 50.3 Å². The monoisotopic (exact) mass is 414 g/mol. The Kier molecular flexibility index (Phi) is 5.11. The van der Waals surface area contributed by atoms with Gasteiger partial charge in [-0.15, -0.1) is 10.2 Å². The van der Waals surface area contributed by atoms with E-state index in [4.69, 9.17) is 9.47 Å². The van der Waals surface area contributed by atoms with E-state index >= 15 is 0 Å². The summed E-state index contributed by atoms with van der Waals surface area (Å²) in [5.41, 5.74) is 1.12. The van der Waals surface area contributed by atoms with Crippen LogP contribution in [0, 0.1) is 0 Å². The number of rotatable bonds is 6. The Morgan fingerprint density at radius 2 is 2.00 bits per heavy atom. The molecule has 1 aromatic heterocycles. The number of benzene rings is 1. The van der Waals surface area contributed by atoms with E-state index < -0.39 is 0 Å². The Bertz CT molecular complexity index is 911. The zero-order valence-corrected chi connectivity index (χ0v) is 17.5. The lowest BCUT2D eigenvalue weighted by Gasteiger charge is -2.26. The fraction of sp³-hybridized carbons (Fsp3) is 0.571. The molecule has 1 saturated carbocycles. The van der Waals surface area contributed by atoms with Gasteiger partial charge in [0.2, 0.25) is 5.91 Å². The number of hydrogen-bond donors (Lipinski definition) is 0. The molecule has 2 fully saturated rings. The highest BCUT2D eigenvalue weighted by atomic mass is 32.2. The Hall–Kier alpha value is -2.22. The first-order valence-electron chi connectivity index (χ1n) is 10.5. The van der Waals surface area contributed by atoms with Crippen molar-refractivity contribution >= 4 is 17.7 Å². The molecule has 7 nitrogen and oxygen atoms in total. The van der Waals surface area contributed by atoms with Gasteiger partial charge in [-0.3, -0.25) is 4.79 Å². The van der Waals surface area contributed by atoms with Gasteiger partial charge in [-0.2, -0.15) is 0 Å². The molecule has 0 bridgehead atoms. The number of fused-ring (bicyclic) bond motifs is 1. The molecular formula is C21H26N4O3S. The maximum atomic E-state index is 13.0. The fourth-order valence-electron chi connectivity index (χ4n) is 4.24. The standard InChI is InChI=1S/C21H26N4O3S/c1-2-24-20(14-5-6-14)22-23-21(24)29-13-19(26)25-9-3-4-16(25)15-7-8-17-18(12-15)28-11-10-27-17/h7-8,12,14,16H,2-6,9-11,13H2,1H3. The van der Waals surface area contributed by atoms with Gasteiger partial charge in [-0.25, -0.2) is 0 Å². The summed E-state index contributed by atoms with van der Waals surface area (Å²) < 4.78 is 13.5. The predicted molar refractivity (Wildman–Crippen MR) is 110 cm³/mol. The highest BCUT2D eigenvalue weighted by molar-refractivity contribution is 7.99. The van der Waals surface area contributed by atoms with Crippen molar-refractivity contribution in [1.29, 1.82) is 0 Å². The van der Waals surface area contributed by atoms with Crippen LogP contribution in [0.2, 0.25) is 0 Å². The topological polar surface area (TPSA) is 69.5 Å². The number of ether oxygens (including phenoxy) is 2. The van der Waals surface area contributed by atoms with Gasteiger partial charge in [0.15, 0.2) is 16.7 Å². The lowest BCUT2D eigenvalue weighted by atomic mass is 10.0. The molecule has 1 unspecified atom stereocenters. The number of nitrogens with zero attached hydrogens (tertiary/aromatic N) is 4. The number of carbonyl (C=O) groups excluding carboxylic acids is 1. The first-order valence-corrected chi connectivity index (χ1v) is 11.5. The third kappa shape index (κ3) is 3.70. The third-order valence-electron chi connectivity index (χ3n) is 5.85. The van der Waals surface area contributed by atoms with Crippen LogP contribution in [-0.2, 0) is 11.3 Å². The smallest absolute Gasteiger partial charge is 0.233 e. The molecule has 5 rings (SSSR count). The number of aromatic nitrogens is 3. The summed E-state index contributed by atoms with van der Waals surface area (Å²) in [6.45, 7) is 4.91. The quantitative estimate of drug-likeness (QED) is 0.675. The van der Waals surface area contributed by atoms with Crippen molar-refractivity contribution in [3.8, 4) is 11.5 Å². The van der Waals surface area contributed by atoms with Crippen LogP contribution in [0.3, 0.4) is 0 Å². The Balaban J connectivity index is 1.27. The minimum Gasteiger partial charge on any atom is -0.486 e. The van der Waals surface area contributed by atoms with Crippen molar-refractivity contribution in [3.63, 3.8) is 0 Å². The summed E-state index contributed by atoms with van der Waals surface area (Å²) >= 11 is 1.51. The van der Waals surface area contributed by atoms with Crippen LogP contribution in [0.4, 0.5) is 0 Å². The molecule has 154 valence electrons. The van der Waals surface area contributed by atoms with Gasteiger partial charge in [-0.1, -0.05) is 17.8 Å². The van der Waals surface area contributed by atoms with Crippen LogP contribution in [-0.4, -0.2) is 51.1 Å². The molecule has 2 aliphatic heterocycles. The summed E-state index contributed by atoms with van der Waals surface area (Å²) in [4.78, 5) is 15.0. The van der Waals surface area contributed by atoms with E-state index in [1.54, 1.807) is 0 Å². The van der Waals surface area contributed by atoms with Crippen molar-refractivity contribution in [3.05, 3.63) is 29.6 Å². The van der Waals surface area contributed by atoms with Crippen LogP contribution in [0.1, 0.15) is 56.0 Å². The molecule has 1 atom stereocenters. The second-order valence-corrected chi connectivity index (χ2v) is 8.74. The summed E-state index contributed by atoms with van der Waals surface area (Å²) in [6, 6.07) is 6.16. The average molecular weight is 415 g/mol. The highest BCUT2D eigenvalue weighted by Crippen LogP contribution is 2.41. The van der Waals surface area contributed by atoms with Gasteiger partial charge in [0.25, 0.3) is 0 Å².